The van der Waals surface area contributed by atoms with Crippen molar-refractivity contribution in [1.29, 1.82) is 5.26 Å². The van der Waals surface area contributed by atoms with Crippen molar-refractivity contribution in [1.82, 2.24) is 0 Å². The fraction of sp³-hybridized carbons (Fsp3) is 0.0667. The zero-order valence-corrected chi connectivity index (χ0v) is 9.67. The molecule has 0 saturated heterocycles. The molecule has 2 aromatic carbocycles. The lowest BCUT2D eigenvalue weighted by molar-refractivity contribution is 0.111. The topological polar surface area (TPSA) is 50.1 Å². The first-order valence-corrected chi connectivity index (χ1v) is 5.49. The third-order valence-electron chi connectivity index (χ3n) is 2.52. The average Bonchev–Trinajstić information content (AvgIpc) is 2.46. The van der Waals surface area contributed by atoms with Gasteiger partial charge in [-0.25, -0.2) is 0 Å². The van der Waals surface area contributed by atoms with Gasteiger partial charge in [0, 0.05) is 0 Å². The molecule has 0 bridgehead atoms. The van der Waals surface area contributed by atoms with Crippen LogP contribution in [0.1, 0.15) is 21.5 Å². The Balaban J connectivity index is 2.07. The molecule has 0 spiro atoms. The SMILES string of the molecule is N#Cc1ccc(COc2ccccc2C=O)cc1. The van der Waals surface area contributed by atoms with Gasteiger partial charge in [-0.05, 0) is 29.8 Å². The van der Waals surface area contributed by atoms with Gasteiger partial charge in [0.25, 0.3) is 0 Å². The van der Waals surface area contributed by atoms with Crippen molar-refractivity contribution in [2.75, 3.05) is 0 Å². The van der Waals surface area contributed by atoms with Crippen LogP contribution < -0.4 is 4.74 Å². The molecule has 0 aliphatic heterocycles. The maximum absolute atomic E-state index is 10.8. The number of rotatable bonds is 4. The fourth-order valence-corrected chi connectivity index (χ4v) is 1.55. The molecule has 18 heavy (non-hydrogen) atoms. The highest BCUT2D eigenvalue weighted by Gasteiger charge is 2.01. The number of hydrogen-bond acceptors (Lipinski definition) is 3. The van der Waals surface area contributed by atoms with Crippen molar-refractivity contribution in [2.45, 2.75) is 6.61 Å². The van der Waals surface area contributed by atoms with Crippen molar-refractivity contribution in [2.24, 2.45) is 0 Å². The van der Waals surface area contributed by atoms with Gasteiger partial charge in [0.05, 0.1) is 17.2 Å². The molecule has 0 saturated carbocycles. The predicted octanol–water partition coefficient (Wildman–Crippen LogP) is 2.95. The van der Waals surface area contributed by atoms with Gasteiger partial charge in [-0.3, -0.25) is 4.79 Å². The average molecular weight is 237 g/mol. The van der Waals surface area contributed by atoms with Gasteiger partial charge in [0.2, 0.25) is 0 Å². The van der Waals surface area contributed by atoms with Gasteiger partial charge in [0.1, 0.15) is 12.4 Å². The molecule has 3 nitrogen and oxygen atoms in total. The van der Waals surface area contributed by atoms with Gasteiger partial charge in [0.15, 0.2) is 6.29 Å². The lowest BCUT2D eigenvalue weighted by Crippen LogP contribution is -1.98. The molecule has 0 aliphatic carbocycles. The summed E-state index contributed by atoms with van der Waals surface area (Å²) in [4.78, 5) is 10.8. The zero-order valence-electron chi connectivity index (χ0n) is 9.67. The largest absolute Gasteiger partial charge is 0.488 e. The van der Waals surface area contributed by atoms with Crippen molar-refractivity contribution < 1.29 is 9.53 Å². The summed E-state index contributed by atoms with van der Waals surface area (Å²) in [6.07, 6.45) is 0.772. The van der Waals surface area contributed by atoms with Gasteiger partial charge >= 0.3 is 0 Å². The summed E-state index contributed by atoms with van der Waals surface area (Å²) in [6.45, 7) is 0.372. The molecule has 0 amide bonds. The Bertz CT molecular complexity index is 582. The highest BCUT2D eigenvalue weighted by Crippen LogP contribution is 2.17. The summed E-state index contributed by atoms with van der Waals surface area (Å²) in [5.74, 6) is 0.567. The first-order chi connectivity index (χ1) is 8.83. The number of ether oxygens (including phenoxy) is 1. The quantitative estimate of drug-likeness (QED) is 0.768. The Morgan fingerprint density at radius 3 is 2.50 bits per heavy atom. The van der Waals surface area contributed by atoms with Crippen LogP contribution in [-0.4, -0.2) is 6.29 Å². The minimum Gasteiger partial charge on any atom is -0.488 e. The van der Waals surface area contributed by atoms with Crippen LogP contribution in [-0.2, 0) is 6.61 Å². The van der Waals surface area contributed by atoms with E-state index in [1.54, 1.807) is 30.3 Å². The summed E-state index contributed by atoms with van der Waals surface area (Å²) < 4.78 is 5.57. The van der Waals surface area contributed by atoms with E-state index >= 15 is 0 Å². The van der Waals surface area contributed by atoms with Crippen LogP contribution in [0.2, 0.25) is 0 Å². The van der Waals surface area contributed by atoms with E-state index in [-0.39, 0.29) is 0 Å². The van der Waals surface area contributed by atoms with Gasteiger partial charge < -0.3 is 4.74 Å². The molecule has 0 heterocycles. The molecule has 88 valence electrons. The normalized spacial score (nSPS) is 9.50. The first kappa shape index (κ1) is 11.9. The lowest BCUT2D eigenvalue weighted by Gasteiger charge is -2.08. The molecule has 3 heteroatoms. The van der Waals surface area contributed by atoms with Gasteiger partial charge in [-0.2, -0.15) is 5.26 Å². The predicted molar refractivity (Wildman–Crippen MR) is 67.3 cm³/mol. The second kappa shape index (κ2) is 5.65. The molecule has 0 N–H and O–H groups in total. The molecule has 0 unspecified atom stereocenters. The maximum Gasteiger partial charge on any atom is 0.153 e. The molecule has 0 fully saturated rings. The van der Waals surface area contributed by atoms with E-state index in [2.05, 4.69) is 6.07 Å². The summed E-state index contributed by atoms with van der Waals surface area (Å²) >= 11 is 0. The number of benzene rings is 2. The number of nitrogens with zero attached hydrogens (tertiary/aromatic N) is 1. The number of hydrogen-bond donors (Lipinski definition) is 0. The van der Waals surface area contributed by atoms with E-state index in [1.165, 1.54) is 0 Å². The van der Waals surface area contributed by atoms with E-state index in [1.807, 2.05) is 18.2 Å². The second-order valence-corrected chi connectivity index (χ2v) is 3.75. The monoisotopic (exact) mass is 237 g/mol. The van der Waals surface area contributed by atoms with Crippen molar-refractivity contribution in [3.63, 3.8) is 0 Å². The van der Waals surface area contributed by atoms with Crippen LogP contribution in [0.5, 0.6) is 5.75 Å². The second-order valence-electron chi connectivity index (χ2n) is 3.75. The Morgan fingerprint density at radius 2 is 1.83 bits per heavy atom. The van der Waals surface area contributed by atoms with Crippen molar-refractivity contribution >= 4 is 6.29 Å². The standard InChI is InChI=1S/C15H11NO2/c16-9-12-5-7-13(8-6-12)11-18-15-4-2-1-3-14(15)10-17/h1-8,10H,11H2. The van der Waals surface area contributed by atoms with Gasteiger partial charge in [-0.15, -0.1) is 0 Å². The Morgan fingerprint density at radius 1 is 1.11 bits per heavy atom. The Kier molecular flexibility index (Phi) is 3.72. The molecule has 0 atom stereocenters. The highest BCUT2D eigenvalue weighted by molar-refractivity contribution is 5.79. The minimum atomic E-state index is 0.372. The summed E-state index contributed by atoms with van der Waals surface area (Å²) in [5.41, 5.74) is 2.10. The fourth-order valence-electron chi connectivity index (χ4n) is 1.55. The van der Waals surface area contributed by atoms with Crippen LogP contribution in [0.4, 0.5) is 0 Å². The zero-order chi connectivity index (χ0) is 12.8. The lowest BCUT2D eigenvalue weighted by atomic mass is 10.1. The molecule has 0 aliphatic rings. The van der Waals surface area contributed by atoms with Gasteiger partial charge in [-0.1, -0.05) is 24.3 Å². The summed E-state index contributed by atoms with van der Waals surface area (Å²) in [7, 11) is 0. The number of para-hydroxylation sites is 1. The van der Waals surface area contributed by atoms with Crippen molar-refractivity contribution in [3.05, 3.63) is 65.2 Å². The Labute approximate surface area is 105 Å². The van der Waals surface area contributed by atoms with Crippen molar-refractivity contribution in [3.8, 4) is 11.8 Å². The first-order valence-electron chi connectivity index (χ1n) is 5.49. The smallest absolute Gasteiger partial charge is 0.153 e. The molecular formula is C15H11NO2. The van der Waals surface area contributed by atoms with E-state index in [9.17, 15) is 4.79 Å². The summed E-state index contributed by atoms with van der Waals surface area (Å²) in [5, 5.41) is 8.68. The van der Waals surface area contributed by atoms with Crippen LogP contribution in [0, 0.1) is 11.3 Å². The van der Waals surface area contributed by atoms with Crippen LogP contribution in [0.3, 0.4) is 0 Å². The number of aldehydes is 1. The number of carbonyl (C=O) groups is 1. The molecule has 0 aromatic heterocycles. The molecule has 0 radical (unpaired) electrons. The van der Waals surface area contributed by atoms with E-state index < -0.39 is 0 Å². The van der Waals surface area contributed by atoms with E-state index in [0.29, 0.717) is 23.5 Å². The van der Waals surface area contributed by atoms with Crippen LogP contribution >= 0.6 is 0 Å². The molecule has 2 rings (SSSR count). The minimum absolute atomic E-state index is 0.372. The molecule has 2 aromatic rings. The highest BCUT2D eigenvalue weighted by atomic mass is 16.5. The number of nitriles is 1. The third kappa shape index (κ3) is 2.74. The third-order valence-corrected chi connectivity index (χ3v) is 2.52. The van der Waals surface area contributed by atoms with E-state index in [0.717, 1.165) is 11.8 Å². The Hall–Kier alpha value is -2.60. The number of carbonyl (C=O) groups excluding carboxylic acids is 1. The molecular weight excluding hydrogens is 226 g/mol. The van der Waals surface area contributed by atoms with Crippen LogP contribution in [0.15, 0.2) is 48.5 Å². The van der Waals surface area contributed by atoms with E-state index in [4.69, 9.17) is 10.00 Å². The maximum atomic E-state index is 10.8. The van der Waals surface area contributed by atoms with Crippen LogP contribution in [0.25, 0.3) is 0 Å². The summed E-state index contributed by atoms with van der Waals surface area (Å²) in [6, 6.07) is 16.3.